The fraction of sp³-hybridized carbons (Fsp3) is 0.395. The molecule has 4 heterocycles. The topological polar surface area (TPSA) is 72.7 Å². The lowest BCUT2D eigenvalue weighted by atomic mass is 9.88. The number of pyridine rings is 1. The summed E-state index contributed by atoms with van der Waals surface area (Å²) in [5.74, 6) is -0.396. The van der Waals surface area contributed by atoms with Gasteiger partial charge in [-0.15, -0.1) is 5.10 Å². The average Bonchev–Trinajstić information content (AvgIpc) is 3.45. The first-order chi connectivity index (χ1) is 24.1. The quantitative estimate of drug-likeness (QED) is 0.0966. The molecule has 0 N–H and O–H groups in total. The molecular formula is C38H41F4N5O3. The van der Waals surface area contributed by atoms with E-state index in [1.54, 1.807) is 80.8 Å². The molecular weight excluding hydrogens is 650 g/mol. The minimum absolute atomic E-state index is 0.0463. The van der Waals surface area contributed by atoms with Crippen molar-refractivity contribution in [1.82, 2.24) is 24.6 Å². The molecule has 1 amide bonds. The van der Waals surface area contributed by atoms with E-state index in [0.717, 1.165) is 38.8 Å². The number of fused-ring (bicyclic) bond motifs is 1. The monoisotopic (exact) mass is 691 g/mol. The summed E-state index contributed by atoms with van der Waals surface area (Å²) in [5, 5.41) is 4.33. The lowest BCUT2D eigenvalue weighted by molar-refractivity contribution is -0.124. The molecule has 8 nitrogen and oxygen atoms in total. The van der Waals surface area contributed by atoms with Crippen LogP contribution in [0.5, 0.6) is 5.88 Å². The van der Waals surface area contributed by atoms with E-state index in [9.17, 15) is 18.0 Å². The zero-order valence-corrected chi connectivity index (χ0v) is 28.2. The molecule has 2 aliphatic rings. The number of allylic oxidation sites excluding steroid dienone is 1. The summed E-state index contributed by atoms with van der Waals surface area (Å²) in [4.78, 5) is 20.1. The van der Waals surface area contributed by atoms with Crippen LogP contribution in [0.4, 0.5) is 17.6 Å². The molecule has 4 aromatic rings. The van der Waals surface area contributed by atoms with Gasteiger partial charge in [-0.25, -0.2) is 9.67 Å². The molecule has 2 saturated heterocycles. The Morgan fingerprint density at radius 3 is 2.42 bits per heavy atom. The second-order valence-corrected chi connectivity index (χ2v) is 12.9. The van der Waals surface area contributed by atoms with E-state index in [2.05, 4.69) is 15.0 Å². The van der Waals surface area contributed by atoms with Crippen LogP contribution in [-0.2, 0) is 9.53 Å². The summed E-state index contributed by atoms with van der Waals surface area (Å²) in [5.41, 5.74) is 2.11. The van der Waals surface area contributed by atoms with E-state index < -0.39 is 24.8 Å². The number of hydrogen-bond donors (Lipinski definition) is 0. The molecule has 2 aromatic heterocycles. The van der Waals surface area contributed by atoms with E-state index in [1.165, 1.54) is 15.8 Å². The van der Waals surface area contributed by atoms with Gasteiger partial charge in [0.15, 0.2) is 6.23 Å². The highest BCUT2D eigenvalue weighted by molar-refractivity contribution is 6.00. The first-order valence-electron chi connectivity index (χ1n) is 16.9. The van der Waals surface area contributed by atoms with Crippen LogP contribution in [0.2, 0.25) is 0 Å². The predicted octanol–water partition coefficient (Wildman–Crippen LogP) is 7.67. The molecule has 0 bridgehead atoms. The Morgan fingerprint density at radius 2 is 1.76 bits per heavy atom. The molecule has 1 atom stereocenters. The number of halogens is 4. The predicted molar refractivity (Wildman–Crippen MR) is 184 cm³/mol. The number of benzene rings is 2. The number of alkyl halides is 3. The minimum Gasteiger partial charge on any atom is -0.474 e. The summed E-state index contributed by atoms with van der Waals surface area (Å²) >= 11 is 0. The van der Waals surface area contributed by atoms with Crippen molar-refractivity contribution in [3.05, 3.63) is 102 Å². The molecule has 0 spiro atoms. The number of carbonyl (C=O) groups excluding carboxylic acids is 1. The van der Waals surface area contributed by atoms with Gasteiger partial charge < -0.3 is 14.4 Å². The lowest BCUT2D eigenvalue weighted by Crippen LogP contribution is -2.38. The number of likely N-dealkylation sites (tertiary alicyclic amines) is 1. The molecule has 50 heavy (non-hydrogen) atoms. The molecule has 2 fully saturated rings. The van der Waals surface area contributed by atoms with Crippen LogP contribution in [-0.4, -0.2) is 83.1 Å². The number of hydrogen-bond acceptors (Lipinski definition) is 6. The number of amides is 1. The Labute approximate surface area is 289 Å². The first-order valence-corrected chi connectivity index (χ1v) is 16.9. The molecule has 6 rings (SSSR count). The van der Waals surface area contributed by atoms with Crippen molar-refractivity contribution in [3.63, 3.8) is 0 Å². The van der Waals surface area contributed by atoms with Crippen molar-refractivity contribution in [1.29, 1.82) is 0 Å². The second-order valence-electron chi connectivity index (χ2n) is 12.9. The third kappa shape index (κ3) is 8.59. The van der Waals surface area contributed by atoms with Crippen molar-refractivity contribution in [3.8, 4) is 5.88 Å². The van der Waals surface area contributed by atoms with E-state index in [-0.39, 0.29) is 23.0 Å². The zero-order chi connectivity index (χ0) is 35.3. The highest BCUT2D eigenvalue weighted by Crippen LogP contribution is 2.40. The van der Waals surface area contributed by atoms with Gasteiger partial charge in [0.25, 0.3) is 0 Å². The summed E-state index contributed by atoms with van der Waals surface area (Å²) in [6.45, 7) is 2.80. The first kappa shape index (κ1) is 35.3. The lowest BCUT2D eigenvalue weighted by Gasteiger charge is -2.31. The van der Waals surface area contributed by atoms with Gasteiger partial charge in [-0.1, -0.05) is 42.5 Å². The number of nitrogens with zero attached hydrogens (tertiary/aromatic N) is 5. The highest BCUT2D eigenvalue weighted by atomic mass is 19.4. The molecule has 1 unspecified atom stereocenters. The van der Waals surface area contributed by atoms with Crippen molar-refractivity contribution in [2.75, 3.05) is 40.3 Å². The van der Waals surface area contributed by atoms with Gasteiger partial charge in [0.1, 0.15) is 6.10 Å². The second kappa shape index (κ2) is 15.6. The molecule has 12 heteroatoms. The number of aromatic nitrogens is 3. The number of likely N-dealkylation sites (N-methyl/N-ethyl adjacent to an activating group) is 1. The maximum absolute atomic E-state index is 15.4. The van der Waals surface area contributed by atoms with Crippen LogP contribution >= 0.6 is 0 Å². The van der Waals surface area contributed by atoms with Gasteiger partial charge in [0.2, 0.25) is 17.7 Å². The van der Waals surface area contributed by atoms with Gasteiger partial charge in [-0.2, -0.15) is 17.6 Å². The van der Waals surface area contributed by atoms with Gasteiger partial charge in [-0.3, -0.25) is 9.69 Å². The largest absolute Gasteiger partial charge is 0.474 e. The van der Waals surface area contributed by atoms with Crippen LogP contribution in [0.3, 0.4) is 0 Å². The maximum Gasteiger partial charge on any atom is 0.393 e. The highest BCUT2D eigenvalue weighted by Gasteiger charge is 2.32. The van der Waals surface area contributed by atoms with Crippen LogP contribution < -0.4 is 4.74 Å². The van der Waals surface area contributed by atoms with Crippen LogP contribution in [0.1, 0.15) is 61.4 Å². The van der Waals surface area contributed by atoms with Crippen molar-refractivity contribution in [2.45, 2.75) is 57.0 Å². The SMILES string of the molecule is CN(C)C(=O)/C=C/CN1CCC(Oc2ccc(/C(=C(/CC(F)(F)F)c3ccccc3)c3ccc4c(c3)c(F)nn4C3CCCCO3)cn2)CC1. The molecule has 264 valence electrons. The van der Waals surface area contributed by atoms with Crippen molar-refractivity contribution >= 4 is 28.0 Å². The van der Waals surface area contributed by atoms with Crippen LogP contribution in [0.15, 0.2) is 79.0 Å². The summed E-state index contributed by atoms with van der Waals surface area (Å²) in [6, 6.07) is 16.8. The summed E-state index contributed by atoms with van der Waals surface area (Å²) in [6.07, 6.45) is 2.84. The molecule has 0 radical (unpaired) electrons. The van der Waals surface area contributed by atoms with E-state index >= 15 is 4.39 Å². The Kier molecular flexibility index (Phi) is 11.0. The van der Waals surface area contributed by atoms with Crippen molar-refractivity contribution < 1.29 is 31.8 Å². The van der Waals surface area contributed by atoms with Crippen LogP contribution in [0.25, 0.3) is 22.0 Å². The molecule has 0 saturated carbocycles. The molecule has 2 aromatic carbocycles. The Balaban J connectivity index is 1.29. The standard InChI is InChI=1S/C38H41F4N5O3/c1-45(2)34(48)11-8-19-46-20-17-29(18-21-46)50-33-16-14-28(25-43-33)36(31(24-38(40,41)42)26-9-4-3-5-10-26)27-13-15-32-30(23-27)37(39)44-47(32)35-12-6-7-22-49-35/h3-5,8-11,13-16,23,25,29,35H,6-7,12,17-22,24H2,1-2H3/b11-8+,36-31-. The third-order valence-corrected chi connectivity index (χ3v) is 9.09. The van der Waals surface area contributed by atoms with Gasteiger partial charge >= 0.3 is 6.18 Å². The Hall–Kier alpha value is -4.55. The average molecular weight is 692 g/mol. The third-order valence-electron chi connectivity index (χ3n) is 9.09. The van der Waals surface area contributed by atoms with Gasteiger partial charge in [0, 0.05) is 64.2 Å². The number of ether oxygens (including phenoxy) is 2. The fourth-order valence-corrected chi connectivity index (χ4v) is 6.51. The summed E-state index contributed by atoms with van der Waals surface area (Å²) < 4.78 is 71.6. The summed E-state index contributed by atoms with van der Waals surface area (Å²) in [7, 11) is 3.42. The number of rotatable bonds is 10. The fourth-order valence-electron chi connectivity index (χ4n) is 6.51. The normalized spacial score (nSPS) is 18.4. The smallest absolute Gasteiger partial charge is 0.393 e. The number of piperidine rings is 1. The van der Waals surface area contributed by atoms with E-state index in [4.69, 9.17) is 9.47 Å². The zero-order valence-electron chi connectivity index (χ0n) is 28.2. The van der Waals surface area contributed by atoms with Crippen LogP contribution in [0, 0.1) is 5.95 Å². The molecule has 2 aliphatic heterocycles. The van der Waals surface area contributed by atoms with Crippen molar-refractivity contribution in [2.24, 2.45) is 0 Å². The molecule has 0 aliphatic carbocycles. The Bertz CT molecular complexity index is 1820. The minimum atomic E-state index is -4.52. The Morgan fingerprint density at radius 1 is 1.00 bits per heavy atom. The number of carbonyl (C=O) groups is 1. The van der Waals surface area contributed by atoms with E-state index in [0.29, 0.717) is 53.2 Å². The van der Waals surface area contributed by atoms with E-state index in [1.807, 2.05) is 6.08 Å². The van der Waals surface area contributed by atoms with Gasteiger partial charge in [-0.05, 0) is 72.6 Å². The maximum atomic E-state index is 15.4. The van der Waals surface area contributed by atoms with Gasteiger partial charge in [0.05, 0.1) is 17.3 Å².